The summed E-state index contributed by atoms with van der Waals surface area (Å²) in [7, 11) is 0. The van der Waals surface area contributed by atoms with E-state index in [4.69, 9.17) is 27.9 Å². The highest BCUT2D eigenvalue weighted by Gasteiger charge is 2.40. The molecule has 14 heteroatoms. The van der Waals surface area contributed by atoms with Crippen molar-refractivity contribution in [2.24, 2.45) is 11.8 Å². The van der Waals surface area contributed by atoms with Crippen molar-refractivity contribution < 1.29 is 33.5 Å². The van der Waals surface area contributed by atoms with Gasteiger partial charge in [-0.25, -0.2) is 4.79 Å². The Kier molecular flexibility index (Phi) is 16.0. The number of likely N-dealkylation sites (tertiary alicyclic amines) is 1. The van der Waals surface area contributed by atoms with Gasteiger partial charge in [0.05, 0.1) is 16.6 Å². The number of carbonyl (C=O) groups excluding carboxylic acids is 6. The van der Waals surface area contributed by atoms with E-state index in [0.717, 1.165) is 5.56 Å². The summed E-state index contributed by atoms with van der Waals surface area (Å²) in [5, 5.41) is 11.4. The van der Waals surface area contributed by atoms with Gasteiger partial charge in [0, 0.05) is 18.1 Å². The molecule has 4 atom stereocenters. The Hall–Kier alpha value is -4.16. The molecule has 4 N–H and O–H groups in total. The lowest BCUT2D eigenvalue weighted by Gasteiger charge is -2.32. The molecular formula is C36H47Cl2N5O7. The molecule has 2 aromatic carbocycles. The van der Waals surface area contributed by atoms with Gasteiger partial charge in [0.2, 0.25) is 17.7 Å². The van der Waals surface area contributed by atoms with E-state index in [-0.39, 0.29) is 42.0 Å². The van der Waals surface area contributed by atoms with Gasteiger partial charge in [-0.1, -0.05) is 81.2 Å². The number of nitrogens with one attached hydrogen (secondary N) is 4. The molecule has 1 saturated heterocycles. The molecule has 1 aliphatic heterocycles. The molecule has 0 aromatic heterocycles. The molecule has 3 rings (SSSR count). The maximum absolute atomic E-state index is 13.9. The number of carbonyl (C=O) groups is 6. The first-order valence-electron chi connectivity index (χ1n) is 16.9. The van der Waals surface area contributed by atoms with Crippen LogP contribution in [0.5, 0.6) is 0 Å². The SMILES string of the molecule is CC(C)[C@H](NC(=O)[C@H](CCCCNC(=O)OCc1ccccc1)NC(=O)c1ccc(Cl)cc1Cl)C(=O)N1CCC[C@H]1C(=O)N[C@H](C=O)C(C)C. The number of benzene rings is 2. The van der Waals surface area contributed by atoms with Gasteiger partial charge < -0.3 is 35.7 Å². The highest BCUT2D eigenvalue weighted by Crippen LogP contribution is 2.23. The minimum atomic E-state index is -1.06. The smallest absolute Gasteiger partial charge is 0.407 e. The maximum atomic E-state index is 13.9. The normalized spacial score (nSPS) is 15.9. The lowest BCUT2D eigenvalue weighted by molar-refractivity contribution is -0.143. The highest BCUT2D eigenvalue weighted by molar-refractivity contribution is 6.36. The van der Waals surface area contributed by atoms with E-state index < -0.39 is 53.9 Å². The quantitative estimate of drug-likeness (QED) is 0.136. The van der Waals surface area contributed by atoms with E-state index in [1.807, 2.05) is 44.2 Å². The molecule has 0 saturated carbocycles. The third-order valence-electron chi connectivity index (χ3n) is 8.44. The monoisotopic (exact) mass is 731 g/mol. The standard InChI is InChI=1S/C36H47Cl2N5O7/c1-22(2)29(20-44)41-34(47)30-14-10-18-43(30)35(48)31(23(3)4)42-33(46)28(40-32(45)26-16-15-25(37)19-27(26)38)13-8-9-17-39-36(49)50-21-24-11-6-5-7-12-24/h5-7,11-12,15-16,19-20,22-23,28-31H,8-10,13-14,17-18,21H2,1-4H3,(H,39,49)(H,40,45)(H,41,47)(H,42,46)/t28-,29+,30-,31-/m0/s1. The number of rotatable bonds is 17. The molecule has 272 valence electrons. The van der Waals surface area contributed by atoms with Crippen molar-refractivity contribution in [1.29, 1.82) is 0 Å². The van der Waals surface area contributed by atoms with E-state index in [1.54, 1.807) is 13.8 Å². The number of unbranched alkanes of at least 4 members (excludes halogenated alkanes) is 1. The molecule has 2 aromatic rings. The molecule has 50 heavy (non-hydrogen) atoms. The lowest BCUT2D eigenvalue weighted by Crippen LogP contribution is -2.58. The van der Waals surface area contributed by atoms with Crippen molar-refractivity contribution >= 4 is 59.2 Å². The second kappa shape index (κ2) is 19.9. The Morgan fingerprint density at radius 1 is 0.940 bits per heavy atom. The number of ether oxygens (including phenoxy) is 1. The second-order valence-electron chi connectivity index (χ2n) is 13.0. The molecule has 0 spiro atoms. The summed E-state index contributed by atoms with van der Waals surface area (Å²) in [6.07, 6.45) is 2.19. The molecule has 1 heterocycles. The van der Waals surface area contributed by atoms with Gasteiger partial charge in [0.15, 0.2) is 0 Å². The van der Waals surface area contributed by atoms with Crippen LogP contribution in [0, 0.1) is 11.8 Å². The van der Waals surface area contributed by atoms with Crippen LogP contribution in [0.15, 0.2) is 48.5 Å². The minimum Gasteiger partial charge on any atom is -0.445 e. The van der Waals surface area contributed by atoms with Crippen LogP contribution in [0.25, 0.3) is 0 Å². The largest absolute Gasteiger partial charge is 0.445 e. The van der Waals surface area contributed by atoms with Gasteiger partial charge in [-0.2, -0.15) is 0 Å². The van der Waals surface area contributed by atoms with Gasteiger partial charge in [0.1, 0.15) is 31.0 Å². The minimum absolute atomic E-state index is 0.107. The first-order valence-corrected chi connectivity index (χ1v) is 17.6. The molecule has 0 unspecified atom stereocenters. The van der Waals surface area contributed by atoms with Crippen LogP contribution >= 0.6 is 23.2 Å². The molecule has 12 nitrogen and oxygen atoms in total. The number of hydrogen-bond acceptors (Lipinski definition) is 7. The average molecular weight is 733 g/mol. The number of amides is 5. The third-order valence-corrected chi connectivity index (χ3v) is 8.99. The van der Waals surface area contributed by atoms with Crippen molar-refractivity contribution in [3.05, 3.63) is 69.7 Å². The Labute approximate surface area is 303 Å². The van der Waals surface area contributed by atoms with Gasteiger partial charge in [0.25, 0.3) is 5.91 Å². The van der Waals surface area contributed by atoms with Crippen LogP contribution in [0.3, 0.4) is 0 Å². The molecule has 5 amide bonds. The van der Waals surface area contributed by atoms with E-state index in [0.29, 0.717) is 43.5 Å². The number of nitrogens with zero attached hydrogens (tertiary/aromatic N) is 1. The number of hydrogen-bond donors (Lipinski definition) is 4. The molecule has 0 bridgehead atoms. The van der Waals surface area contributed by atoms with Crippen molar-refractivity contribution in [1.82, 2.24) is 26.2 Å². The molecule has 1 aliphatic rings. The topological polar surface area (TPSA) is 163 Å². The molecule has 0 aliphatic carbocycles. The zero-order valence-corrected chi connectivity index (χ0v) is 30.4. The van der Waals surface area contributed by atoms with E-state index in [2.05, 4.69) is 21.3 Å². The lowest BCUT2D eigenvalue weighted by atomic mass is 10.00. The summed E-state index contributed by atoms with van der Waals surface area (Å²) < 4.78 is 5.23. The molecular weight excluding hydrogens is 685 g/mol. The number of alkyl carbamates (subject to hydrolysis) is 1. The molecule has 0 radical (unpaired) electrons. The van der Waals surface area contributed by atoms with Crippen molar-refractivity contribution in [2.45, 2.75) is 90.6 Å². The Morgan fingerprint density at radius 3 is 2.30 bits per heavy atom. The fraction of sp³-hybridized carbons (Fsp3) is 0.500. The Bertz CT molecular complexity index is 1490. The maximum Gasteiger partial charge on any atom is 0.407 e. The predicted molar refractivity (Wildman–Crippen MR) is 191 cm³/mol. The van der Waals surface area contributed by atoms with Crippen molar-refractivity contribution in [3.63, 3.8) is 0 Å². The summed E-state index contributed by atoms with van der Waals surface area (Å²) in [5.41, 5.74) is 0.974. The first-order chi connectivity index (χ1) is 23.8. The summed E-state index contributed by atoms with van der Waals surface area (Å²) in [6.45, 7) is 7.90. The van der Waals surface area contributed by atoms with Crippen molar-refractivity contribution in [2.75, 3.05) is 13.1 Å². The van der Waals surface area contributed by atoms with Gasteiger partial charge in [-0.15, -0.1) is 0 Å². The van der Waals surface area contributed by atoms with E-state index in [1.165, 1.54) is 23.1 Å². The summed E-state index contributed by atoms with van der Waals surface area (Å²) in [5.74, 6) is -2.52. The third kappa shape index (κ3) is 12.0. The van der Waals surface area contributed by atoms with Gasteiger partial charge >= 0.3 is 6.09 Å². The summed E-state index contributed by atoms with van der Waals surface area (Å²) in [6, 6.07) is 10.1. The van der Waals surface area contributed by atoms with E-state index >= 15 is 0 Å². The van der Waals surface area contributed by atoms with Crippen LogP contribution in [0.2, 0.25) is 10.0 Å². The zero-order valence-electron chi connectivity index (χ0n) is 28.9. The van der Waals surface area contributed by atoms with Gasteiger partial charge in [-0.3, -0.25) is 19.2 Å². The van der Waals surface area contributed by atoms with Crippen LogP contribution in [-0.2, 0) is 30.5 Å². The average Bonchev–Trinajstić information content (AvgIpc) is 3.58. The zero-order chi connectivity index (χ0) is 36.8. The summed E-state index contributed by atoms with van der Waals surface area (Å²) in [4.78, 5) is 79.1. The Balaban J connectivity index is 1.67. The van der Waals surface area contributed by atoms with Crippen LogP contribution in [0.4, 0.5) is 4.79 Å². The van der Waals surface area contributed by atoms with Crippen LogP contribution < -0.4 is 21.3 Å². The highest BCUT2D eigenvalue weighted by atomic mass is 35.5. The fourth-order valence-electron chi connectivity index (χ4n) is 5.48. The second-order valence-corrected chi connectivity index (χ2v) is 13.8. The Morgan fingerprint density at radius 2 is 1.66 bits per heavy atom. The summed E-state index contributed by atoms with van der Waals surface area (Å²) >= 11 is 12.3. The predicted octanol–water partition coefficient (Wildman–Crippen LogP) is 4.66. The van der Waals surface area contributed by atoms with E-state index in [9.17, 15) is 28.8 Å². The number of aldehydes is 1. The molecule has 1 fully saturated rings. The van der Waals surface area contributed by atoms with Crippen LogP contribution in [-0.4, -0.2) is 78.2 Å². The first kappa shape index (κ1) is 40.3. The van der Waals surface area contributed by atoms with Crippen LogP contribution in [0.1, 0.15) is 75.7 Å². The van der Waals surface area contributed by atoms with Gasteiger partial charge in [-0.05, 0) is 67.7 Å². The van der Waals surface area contributed by atoms with Crippen molar-refractivity contribution in [3.8, 4) is 0 Å². The number of halogens is 2. The fourth-order valence-corrected chi connectivity index (χ4v) is 5.98.